The molecule has 0 amide bonds. The van der Waals surface area contributed by atoms with Crippen LogP contribution in [0.3, 0.4) is 0 Å². The maximum absolute atomic E-state index is 5.85. The summed E-state index contributed by atoms with van der Waals surface area (Å²) in [5.74, 6) is 1.07. The molecule has 0 fully saturated rings. The molecular formula is C14H15ClN4. The third-order valence-corrected chi connectivity index (χ3v) is 2.88. The molecule has 1 heterocycles. The molecule has 2 aromatic rings. The van der Waals surface area contributed by atoms with Crippen LogP contribution in [0.1, 0.15) is 29.9 Å². The van der Waals surface area contributed by atoms with Crippen LogP contribution in [0.4, 0.5) is 5.82 Å². The standard InChI is InChI=1S/C14H15ClN4/c1-9-4-6-12(7-5-9)10(2)18-19-14-8-13(15)16-11(3)17-14/h4-8,10H,1-3H3. The van der Waals surface area contributed by atoms with Gasteiger partial charge in [0.05, 0.1) is 6.04 Å². The van der Waals surface area contributed by atoms with Gasteiger partial charge in [0.1, 0.15) is 11.0 Å². The van der Waals surface area contributed by atoms with Gasteiger partial charge in [0, 0.05) is 6.07 Å². The Morgan fingerprint density at radius 1 is 1.11 bits per heavy atom. The summed E-state index contributed by atoms with van der Waals surface area (Å²) < 4.78 is 0. The van der Waals surface area contributed by atoms with Gasteiger partial charge in [-0.3, -0.25) is 0 Å². The molecule has 1 unspecified atom stereocenters. The van der Waals surface area contributed by atoms with E-state index < -0.39 is 0 Å². The summed E-state index contributed by atoms with van der Waals surface area (Å²) in [6.07, 6.45) is 0. The maximum atomic E-state index is 5.85. The van der Waals surface area contributed by atoms with Crippen molar-refractivity contribution in [3.8, 4) is 0 Å². The molecule has 0 aliphatic heterocycles. The lowest BCUT2D eigenvalue weighted by molar-refractivity contribution is 0.758. The van der Waals surface area contributed by atoms with Gasteiger partial charge in [0.15, 0.2) is 5.82 Å². The molecule has 98 valence electrons. The first-order valence-corrected chi connectivity index (χ1v) is 6.41. The average molecular weight is 275 g/mol. The predicted molar refractivity (Wildman–Crippen MR) is 75.9 cm³/mol. The van der Waals surface area contributed by atoms with E-state index in [9.17, 15) is 0 Å². The Morgan fingerprint density at radius 3 is 2.42 bits per heavy atom. The summed E-state index contributed by atoms with van der Waals surface area (Å²) in [5, 5.41) is 8.75. The highest BCUT2D eigenvalue weighted by atomic mass is 35.5. The number of azo groups is 1. The van der Waals surface area contributed by atoms with E-state index >= 15 is 0 Å². The van der Waals surface area contributed by atoms with Crippen LogP contribution in [0.5, 0.6) is 0 Å². The Morgan fingerprint density at radius 2 is 1.79 bits per heavy atom. The predicted octanol–water partition coefficient (Wildman–Crippen LogP) is 4.59. The largest absolute Gasteiger partial charge is 0.221 e. The Balaban J connectivity index is 2.15. The van der Waals surface area contributed by atoms with Gasteiger partial charge >= 0.3 is 0 Å². The van der Waals surface area contributed by atoms with Crippen LogP contribution in [0.25, 0.3) is 0 Å². The smallest absolute Gasteiger partial charge is 0.178 e. The third-order valence-electron chi connectivity index (χ3n) is 2.69. The molecule has 5 heteroatoms. The fraction of sp³-hybridized carbons (Fsp3) is 0.286. The van der Waals surface area contributed by atoms with Crippen LogP contribution >= 0.6 is 11.6 Å². The van der Waals surface area contributed by atoms with Crippen molar-refractivity contribution < 1.29 is 0 Å². The van der Waals surface area contributed by atoms with Crippen LogP contribution in [0, 0.1) is 13.8 Å². The first kappa shape index (κ1) is 13.6. The molecule has 1 atom stereocenters. The van der Waals surface area contributed by atoms with Crippen molar-refractivity contribution in [3.05, 3.63) is 52.4 Å². The van der Waals surface area contributed by atoms with E-state index in [1.54, 1.807) is 13.0 Å². The minimum absolute atomic E-state index is 0.0188. The fourth-order valence-corrected chi connectivity index (χ4v) is 1.84. The summed E-state index contributed by atoms with van der Waals surface area (Å²) in [4.78, 5) is 8.14. The number of halogens is 1. The van der Waals surface area contributed by atoms with Gasteiger partial charge in [-0.05, 0) is 26.3 Å². The Bertz CT molecular complexity index is 573. The van der Waals surface area contributed by atoms with Gasteiger partial charge in [-0.15, -0.1) is 5.11 Å². The first-order chi connectivity index (χ1) is 9.04. The van der Waals surface area contributed by atoms with E-state index in [2.05, 4.69) is 51.4 Å². The van der Waals surface area contributed by atoms with Crippen LogP contribution in [0.2, 0.25) is 5.15 Å². The highest BCUT2D eigenvalue weighted by Gasteiger charge is 2.04. The monoisotopic (exact) mass is 274 g/mol. The van der Waals surface area contributed by atoms with E-state index in [4.69, 9.17) is 11.6 Å². The second kappa shape index (κ2) is 5.89. The minimum Gasteiger partial charge on any atom is -0.221 e. The molecule has 1 aromatic carbocycles. The van der Waals surface area contributed by atoms with Gasteiger partial charge in [-0.1, -0.05) is 41.4 Å². The second-order valence-electron chi connectivity index (χ2n) is 4.40. The zero-order valence-electron chi connectivity index (χ0n) is 11.1. The Labute approximate surface area is 117 Å². The highest BCUT2D eigenvalue weighted by Crippen LogP contribution is 2.21. The topological polar surface area (TPSA) is 50.5 Å². The Kier molecular flexibility index (Phi) is 4.22. The van der Waals surface area contributed by atoms with E-state index in [0.717, 1.165) is 5.56 Å². The molecule has 0 saturated carbocycles. The van der Waals surface area contributed by atoms with E-state index in [0.29, 0.717) is 16.8 Å². The number of hydrogen-bond donors (Lipinski definition) is 0. The molecule has 0 radical (unpaired) electrons. The molecule has 0 N–H and O–H groups in total. The lowest BCUT2D eigenvalue weighted by atomic mass is 10.1. The number of hydrogen-bond acceptors (Lipinski definition) is 4. The summed E-state index contributed by atoms with van der Waals surface area (Å²) in [5.41, 5.74) is 2.34. The van der Waals surface area contributed by atoms with E-state index in [-0.39, 0.29) is 6.04 Å². The van der Waals surface area contributed by atoms with Crippen LogP contribution in [-0.2, 0) is 0 Å². The second-order valence-corrected chi connectivity index (χ2v) is 4.79. The molecule has 19 heavy (non-hydrogen) atoms. The zero-order valence-corrected chi connectivity index (χ0v) is 11.9. The van der Waals surface area contributed by atoms with E-state index in [1.165, 1.54) is 5.56 Å². The van der Waals surface area contributed by atoms with Crippen molar-refractivity contribution >= 4 is 17.4 Å². The van der Waals surface area contributed by atoms with Crippen molar-refractivity contribution in [2.24, 2.45) is 10.2 Å². The third kappa shape index (κ3) is 3.83. The Hall–Kier alpha value is -1.81. The summed E-state index contributed by atoms with van der Waals surface area (Å²) in [6, 6.07) is 9.81. The molecule has 0 bridgehead atoms. The fourth-order valence-electron chi connectivity index (χ4n) is 1.63. The lowest BCUT2D eigenvalue weighted by Gasteiger charge is -2.05. The summed E-state index contributed by atoms with van der Waals surface area (Å²) in [7, 11) is 0. The van der Waals surface area contributed by atoms with Gasteiger partial charge < -0.3 is 0 Å². The van der Waals surface area contributed by atoms with Gasteiger partial charge in [-0.25, -0.2) is 9.97 Å². The van der Waals surface area contributed by atoms with Gasteiger partial charge in [0.2, 0.25) is 0 Å². The van der Waals surface area contributed by atoms with Crippen molar-refractivity contribution in [2.75, 3.05) is 0 Å². The van der Waals surface area contributed by atoms with Crippen LogP contribution in [0.15, 0.2) is 40.6 Å². The summed E-state index contributed by atoms with van der Waals surface area (Å²) >= 11 is 5.85. The maximum Gasteiger partial charge on any atom is 0.178 e. The number of aryl methyl sites for hydroxylation is 2. The summed E-state index contributed by atoms with van der Waals surface area (Å²) in [6.45, 7) is 5.82. The number of benzene rings is 1. The highest BCUT2D eigenvalue weighted by molar-refractivity contribution is 6.29. The number of rotatable bonds is 3. The van der Waals surface area contributed by atoms with Gasteiger partial charge in [-0.2, -0.15) is 5.11 Å². The molecular weight excluding hydrogens is 260 g/mol. The molecule has 0 aliphatic carbocycles. The normalized spacial score (nSPS) is 12.8. The molecule has 0 spiro atoms. The molecule has 2 rings (SSSR count). The quantitative estimate of drug-likeness (QED) is 0.607. The van der Waals surface area contributed by atoms with Crippen LogP contribution in [-0.4, -0.2) is 9.97 Å². The van der Waals surface area contributed by atoms with Gasteiger partial charge in [0.25, 0.3) is 0 Å². The first-order valence-electron chi connectivity index (χ1n) is 6.03. The zero-order chi connectivity index (χ0) is 13.8. The molecule has 1 aromatic heterocycles. The van der Waals surface area contributed by atoms with Crippen LogP contribution < -0.4 is 0 Å². The van der Waals surface area contributed by atoms with Crippen molar-refractivity contribution in [1.29, 1.82) is 0 Å². The van der Waals surface area contributed by atoms with E-state index in [1.807, 2.05) is 6.92 Å². The molecule has 0 aliphatic rings. The van der Waals surface area contributed by atoms with Crippen molar-refractivity contribution in [1.82, 2.24) is 9.97 Å². The average Bonchev–Trinajstić information content (AvgIpc) is 2.36. The molecule has 0 saturated heterocycles. The number of aromatic nitrogens is 2. The van der Waals surface area contributed by atoms with Crippen molar-refractivity contribution in [2.45, 2.75) is 26.8 Å². The number of nitrogens with zero attached hydrogens (tertiary/aromatic N) is 4. The lowest BCUT2D eigenvalue weighted by Crippen LogP contribution is -1.89. The molecule has 4 nitrogen and oxygen atoms in total. The minimum atomic E-state index is -0.0188. The van der Waals surface area contributed by atoms with Crippen molar-refractivity contribution in [3.63, 3.8) is 0 Å². The SMILES string of the molecule is Cc1ccc(C(C)N=Nc2cc(Cl)nc(C)n2)cc1.